The SMILES string of the molecule is CC(C)(C)c1ncn(-c2cccc(C(C)(C)c3cccc(-n4cnc5c(C#N)ncnc54)n3)n2)n1. The van der Waals surface area contributed by atoms with Gasteiger partial charge in [-0.25, -0.2) is 34.6 Å². The lowest BCUT2D eigenvalue weighted by atomic mass is 9.84. The van der Waals surface area contributed by atoms with Gasteiger partial charge in [-0.15, -0.1) is 5.10 Å². The maximum Gasteiger partial charge on any atom is 0.171 e. The Bertz CT molecular complexity index is 1580. The molecule has 174 valence electrons. The van der Waals surface area contributed by atoms with Crippen LogP contribution in [0.25, 0.3) is 22.8 Å². The van der Waals surface area contributed by atoms with E-state index in [2.05, 4.69) is 65.7 Å². The molecular formula is C25H24N10. The van der Waals surface area contributed by atoms with Gasteiger partial charge in [0, 0.05) is 10.8 Å². The van der Waals surface area contributed by atoms with E-state index in [4.69, 9.17) is 9.97 Å². The number of pyridine rings is 2. The Kier molecular flexibility index (Phi) is 5.13. The predicted molar refractivity (Wildman–Crippen MR) is 129 cm³/mol. The molecule has 0 spiro atoms. The Morgan fingerprint density at radius 1 is 0.800 bits per heavy atom. The highest BCUT2D eigenvalue weighted by molar-refractivity contribution is 5.77. The minimum atomic E-state index is -0.511. The van der Waals surface area contributed by atoms with Crippen LogP contribution < -0.4 is 0 Å². The highest BCUT2D eigenvalue weighted by atomic mass is 15.4. The Labute approximate surface area is 202 Å². The second-order valence-corrected chi connectivity index (χ2v) is 9.77. The van der Waals surface area contributed by atoms with E-state index in [1.807, 2.05) is 36.4 Å². The van der Waals surface area contributed by atoms with Gasteiger partial charge in [0.2, 0.25) is 0 Å². The van der Waals surface area contributed by atoms with Crippen LogP contribution in [-0.2, 0) is 10.8 Å². The summed E-state index contributed by atoms with van der Waals surface area (Å²) >= 11 is 0. The van der Waals surface area contributed by atoms with Crippen LogP contribution in [0, 0.1) is 11.3 Å². The zero-order chi connectivity index (χ0) is 24.8. The van der Waals surface area contributed by atoms with Crippen molar-refractivity contribution in [2.75, 3.05) is 0 Å². The van der Waals surface area contributed by atoms with E-state index in [1.165, 1.54) is 6.33 Å². The molecule has 0 aliphatic rings. The van der Waals surface area contributed by atoms with Crippen molar-refractivity contribution in [3.8, 4) is 17.7 Å². The molecule has 10 heteroatoms. The smallest absolute Gasteiger partial charge is 0.171 e. The predicted octanol–water partition coefficient (Wildman–Crippen LogP) is 3.68. The van der Waals surface area contributed by atoms with Crippen molar-refractivity contribution < 1.29 is 0 Å². The van der Waals surface area contributed by atoms with Crippen LogP contribution >= 0.6 is 0 Å². The molecule has 5 rings (SSSR count). The van der Waals surface area contributed by atoms with Crippen LogP contribution in [0.5, 0.6) is 0 Å². The van der Waals surface area contributed by atoms with Crippen molar-refractivity contribution in [1.82, 2.24) is 44.3 Å². The van der Waals surface area contributed by atoms with E-state index in [-0.39, 0.29) is 11.1 Å². The summed E-state index contributed by atoms with van der Waals surface area (Å²) in [5.74, 6) is 2.09. The standard InChI is InChI=1S/C25H24N10/c1-24(2,3)23-30-15-35(33-23)20-11-7-9-18(32-20)25(4,5)17-8-6-10-19(31-17)34-14-29-21-16(12-26)27-13-28-22(21)34/h6-11,13-15H,1-5H3. The molecule has 0 bridgehead atoms. The molecule has 0 atom stereocenters. The van der Waals surface area contributed by atoms with Crippen LogP contribution in [-0.4, -0.2) is 44.3 Å². The van der Waals surface area contributed by atoms with Crippen molar-refractivity contribution in [2.45, 2.75) is 45.4 Å². The van der Waals surface area contributed by atoms with Crippen LogP contribution in [0.4, 0.5) is 0 Å². The molecule has 0 unspecified atom stereocenters. The van der Waals surface area contributed by atoms with Gasteiger partial charge >= 0.3 is 0 Å². The van der Waals surface area contributed by atoms with Crippen LogP contribution in [0.15, 0.2) is 55.4 Å². The van der Waals surface area contributed by atoms with Gasteiger partial charge in [0.25, 0.3) is 0 Å². The van der Waals surface area contributed by atoms with Gasteiger partial charge in [0.15, 0.2) is 23.0 Å². The summed E-state index contributed by atoms with van der Waals surface area (Å²) in [6, 6.07) is 13.7. The van der Waals surface area contributed by atoms with Gasteiger partial charge in [0.05, 0.1) is 11.4 Å². The largest absolute Gasteiger partial charge is 0.267 e. The van der Waals surface area contributed by atoms with Gasteiger partial charge in [0.1, 0.15) is 36.4 Å². The quantitative estimate of drug-likeness (QED) is 0.394. The number of aromatic nitrogens is 9. The van der Waals surface area contributed by atoms with Crippen molar-refractivity contribution >= 4 is 11.2 Å². The van der Waals surface area contributed by atoms with Gasteiger partial charge in [-0.1, -0.05) is 32.9 Å². The first kappa shape index (κ1) is 22.3. The summed E-state index contributed by atoms with van der Waals surface area (Å²) in [6.07, 6.45) is 4.66. The summed E-state index contributed by atoms with van der Waals surface area (Å²) < 4.78 is 3.46. The molecule has 0 aromatic carbocycles. The van der Waals surface area contributed by atoms with E-state index in [0.717, 1.165) is 17.2 Å². The fourth-order valence-corrected chi connectivity index (χ4v) is 3.74. The van der Waals surface area contributed by atoms with Crippen molar-refractivity contribution in [3.63, 3.8) is 0 Å². The lowest BCUT2D eigenvalue weighted by molar-refractivity contribution is 0.542. The van der Waals surface area contributed by atoms with Crippen molar-refractivity contribution in [3.05, 3.63) is 78.3 Å². The molecule has 0 radical (unpaired) electrons. The van der Waals surface area contributed by atoms with Crippen LogP contribution in [0.1, 0.15) is 57.5 Å². The lowest BCUT2D eigenvalue weighted by Gasteiger charge is -2.24. The Hall–Kier alpha value is -4.52. The number of rotatable bonds is 4. The number of imidazole rings is 1. The first-order valence-corrected chi connectivity index (χ1v) is 11.1. The third-order valence-electron chi connectivity index (χ3n) is 5.83. The fourth-order valence-electron chi connectivity index (χ4n) is 3.74. The molecule has 0 N–H and O–H groups in total. The number of hydrogen-bond acceptors (Lipinski definition) is 8. The molecule has 0 fully saturated rings. The number of nitrogens with zero attached hydrogens (tertiary/aromatic N) is 10. The molecule has 5 aromatic heterocycles. The molecular weight excluding hydrogens is 440 g/mol. The molecule has 0 aliphatic carbocycles. The van der Waals surface area contributed by atoms with Gasteiger partial charge in [-0.2, -0.15) is 5.26 Å². The third kappa shape index (κ3) is 3.91. The van der Waals surface area contributed by atoms with Gasteiger partial charge in [-0.05, 0) is 38.1 Å². The normalized spacial score (nSPS) is 12.1. The second-order valence-electron chi connectivity index (χ2n) is 9.77. The van der Waals surface area contributed by atoms with Crippen molar-refractivity contribution in [1.29, 1.82) is 5.26 Å². The van der Waals surface area contributed by atoms with E-state index >= 15 is 0 Å². The van der Waals surface area contributed by atoms with E-state index < -0.39 is 5.41 Å². The summed E-state index contributed by atoms with van der Waals surface area (Å²) in [7, 11) is 0. The molecule has 0 saturated carbocycles. The lowest BCUT2D eigenvalue weighted by Crippen LogP contribution is -2.23. The first-order chi connectivity index (χ1) is 16.7. The van der Waals surface area contributed by atoms with Gasteiger partial charge < -0.3 is 0 Å². The molecule has 5 heterocycles. The zero-order valence-corrected chi connectivity index (χ0v) is 20.2. The highest BCUT2D eigenvalue weighted by Gasteiger charge is 2.28. The maximum absolute atomic E-state index is 9.32. The average molecular weight is 465 g/mol. The summed E-state index contributed by atoms with van der Waals surface area (Å²) in [4.78, 5) is 26.9. The summed E-state index contributed by atoms with van der Waals surface area (Å²) in [5.41, 5.74) is 2.21. The number of fused-ring (bicyclic) bond motifs is 1. The van der Waals surface area contributed by atoms with Crippen molar-refractivity contribution in [2.24, 2.45) is 0 Å². The summed E-state index contributed by atoms with van der Waals surface area (Å²) in [5, 5.41) is 13.9. The molecule has 10 nitrogen and oxygen atoms in total. The molecule has 35 heavy (non-hydrogen) atoms. The monoisotopic (exact) mass is 464 g/mol. The second kappa shape index (κ2) is 8.06. The Morgan fingerprint density at radius 3 is 2.14 bits per heavy atom. The highest BCUT2D eigenvalue weighted by Crippen LogP contribution is 2.30. The fraction of sp³-hybridized carbons (Fsp3) is 0.280. The minimum Gasteiger partial charge on any atom is -0.267 e. The zero-order valence-electron chi connectivity index (χ0n) is 20.2. The van der Waals surface area contributed by atoms with Crippen LogP contribution in [0.3, 0.4) is 0 Å². The topological polar surface area (TPSA) is 124 Å². The van der Waals surface area contributed by atoms with E-state index in [9.17, 15) is 5.26 Å². The number of nitriles is 1. The summed E-state index contributed by atoms with van der Waals surface area (Å²) in [6.45, 7) is 10.4. The number of hydrogen-bond donors (Lipinski definition) is 0. The van der Waals surface area contributed by atoms with E-state index in [0.29, 0.717) is 22.8 Å². The van der Waals surface area contributed by atoms with Gasteiger partial charge in [-0.3, -0.25) is 4.57 Å². The first-order valence-electron chi connectivity index (χ1n) is 11.1. The molecule has 0 amide bonds. The molecule has 0 saturated heterocycles. The minimum absolute atomic E-state index is 0.150. The Morgan fingerprint density at radius 2 is 1.49 bits per heavy atom. The molecule has 0 aliphatic heterocycles. The average Bonchev–Trinajstić information content (AvgIpc) is 3.52. The van der Waals surface area contributed by atoms with Crippen LogP contribution in [0.2, 0.25) is 0 Å². The van der Waals surface area contributed by atoms with E-state index in [1.54, 1.807) is 21.9 Å². The Balaban J connectivity index is 1.53. The maximum atomic E-state index is 9.32. The third-order valence-corrected chi connectivity index (χ3v) is 5.83. The molecule has 5 aromatic rings.